The highest BCUT2D eigenvalue weighted by Gasteiger charge is 2.11. The Morgan fingerprint density at radius 2 is 1.79 bits per heavy atom. The second-order valence-electron chi connectivity index (χ2n) is 5.01. The number of hydrogen-bond acceptors (Lipinski definition) is 4. The van der Waals surface area contributed by atoms with Gasteiger partial charge in [-0.05, 0) is 43.3 Å². The molecule has 24 heavy (non-hydrogen) atoms. The van der Waals surface area contributed by atoms with Crippen molar-refractivity contribution in [2.75, 3.05) is 6.61 Å². The first kappa shape index (κ1) is 16.3. The van der Waals surface area contributed by atoms with E-state index in [2.05, 4.69) is 15.9 Å². The minimum Gasteiger partial charge on any atom is -0.462 e. The fourth-order valence-electron chi connectivity index (χ4n) is 2.24. The van der Waals surface area contributed by atoms with Gasteiger partial charge in [-0.3, -0.25) is 0 Å². The Morgan fingerprint density at radius 3 is 2.42 bits per heavy atom. The summed E-state index contributed by atoms with van der Waals surface area (Å²) in [5.41, 5.74) is 1.85. The number of esters is 1. The van der Waals surface area contributed by atoms with Crippen LogP contribution in [0.25, 0.3) is 17.0 Å². The van der Waals surface area contributed by atoms with E-state index in [1.54, 1.807) is 37.4 Å². The SMILES string of the molecule is CCOC(=O)c1ccc(-n2cc(-c3ccc(Br)cc3)oc2=O)cc1. The Bertz CT molecular complexity index is 907. The number of rotatable bonds is 4. The molecule has 0 N–H and O–H groups in total. The number of benzene rings is 2. The number of halogens is 1. The molecule has 0 saturated carbocycles. The standard InChI is InChI=1S/C18H14BrNO4/c1-2-23-17(21)13-5-9-15(10-6-13)20-11-16(24-18(20)22)12-3-7-14(19)8-4-12/h3-11H,2H2,1H3. The van der Waals surface area contributed by atoms with Crippen LogP contribution in [0.5, 0.6) is 0 Å². The largest absolute Gasteiger partial charge is 0.462 e. The summed E-state index contributed by atoms with van der Waals surface area (Å²) in [6, 6.07) is 14.1. The second-order valence-corrected chi connectivity index (χ2v) is 5.92. The van der Waals surface area contributed by atoms with Crippen LogP contribution in [0, 0.1) is 0 Å². The van der Waals surface area contributed by atoms with Crippen LogP contribution in [-0.4, -0.2) is 17.1 Å². The Labute approximate surface area is 146 Å². The molecular formula is C18H14BrNO4. The van der Waals surface area contributed by atoms with Crippen molar-refractivity contribution >= 4 is 21.9 Å². The third-order valence-electron chi connectivity index (χ3n) is 3.43. The van der Waals surface area contributed by atoms with Gasteiger partial charge >= 0.3 is 11.7 Å². The molecule has 0 atom stereocenters. The maximum Gasteiger partial charge on any atom is 0.424 e. The van der Waals surface area contributed by atoms with E-state index in [1.165, 1.54) is 4.57 Å². The van der Waals surface area contributed by atoms with Gasteiger partial charge in [0.1, 0.15) is 0 Å². The van der Waals surface area contributed by atoms with Gasteiger partial charge in [0.15, 0.2) is 5.76 Å². The average molecular weight is 388 g/mol. The molecule has 6 heteroatoms. The Hall–Kier alpha value is -2.60. The van der Waals surface area contributed by atoms with Crippen LogP contribution in [-0.2, 0) is 4.74 Å². The normalized spacial score (nSPS) is 10.6. The van der Waals surface area contributed by atoms with Crippen molar-refractivity contribution in [3.8, 4) is 17.0 Å². The first-order valence-corrected chi connectivity index (χ1v) is 8.14. The number of oxazole rings is 1. The van der Waals surface area contributed by atoms with E-state index >= 15 is 0 Å². The summed E-state index contributed by atoms with van der Waals surface area (Å²) in [6.45, 7) is 2.07. The molecule has 0 spiro atoms. The van der Waals surface area contributed by atoms with Crippen molar-refractivity contribution < 1.29 is 13.9 Å². The molecule has 0 aliphatic heterocycles. The van der Waals surface area contributed by atoms with E-state index < -0.39 is 5.76 Å². The second kappa shape index (κ2) is 6.88. The van der Waals surface area contributed by atoms with Gasteiger partial charge in [-0.1, -0.05) is 28.1 Å². The van der Waals surface area contributed by atoms with E-state index in [9.17, 15) is 9.59 Å². The maximum absolute atomic E-state index is 12.1. The molecule has 1 aromatic heterocycles. The number of ether oxygens (including phenoxy) is 1. The number of aromatic nitrogens is 1. The minimum atomic E-state index is -0.489. The quantitative estimate of drug-likeness (QED) is 0.633. The summed E-state index contributed by atoms with van der Waals surface area (Å²) in [7, 11) is 0. The molecule has 0 saturated heterocycles. The smallest absolute Gasteiger partial charge is 0.424 e. The zero-order valence-electron chi connectivity index (χ0n) is 12.9. The summed E-state index contributed by atoms with van der Waals surface area (Å²) in [4.78, 5) is 23.8. The lowest BCUT2D eigenvalue weighted by molar-refractivity contribution is 0.0526. The van der Waals surface area contributed by atoms with E-state index in [1.807, 2.05) is 24.3 Å². The molecule has 0 radical (unpaired) electrons. The monoisotopic (exact) mass is 387 g/mol. The summed E-state index contributed by atoms with van der Waals surface area (Å²) in [6.07, 6.45) is 1.63. The molecule has 3 aromatic rings. The molecule has 0 bridgehead atoms. The summed E-state index contributed by atoms with van der Waals surface area (Å²) < 4.78 is 12.6. The lowest BCUT2D eigenvalue weighted by Crippen LogP contribution is -2.11. The highest BCUT2D eigenvalue weighted by Crippen LogP contribution is 2.22. The molecule has 3 rings (SSSR count). The predicted molar refractivity (Wildman–Crippen MR) is 93.4 cm³/mol. The van der Waals surface area contributed by atoms with Gasteiger partial charge in [0.25, 0.3) is 0 Å². The van der Waals surface area contributed by atoms with Crippen LogP contribution in [0.1, 0.15) is 17.3 Å². The van der Waals surface area contributed by atoms with E-state index in [0.717, 1.165) is 10.0 Å². The number of carbonyl (C=O) groups is 1. The third-order valence-corrected chi connectivity index (χ3v) is 3.95. The maximum atomic E-state index is 12.1. The fraction of sp³-hybridized carbons (Fsp3) is 0.111. The molecule has 0 amide bonds. The summed E-state index contributed by atoms with van der Waals surface area (Å²) >= 11 is 3.37. The zero-order chi connectivity index (χ0) is 17.1. The first-order valence-electron chi connectivity index (χ1n) is 7.34. The van der Waals surface area contributed by atoms with Crippen molar-refractivity contribution in [1.82, 2.24) is 4.57 Å². The Balaban J connectivity index is 1.91. The van der Waals surface area contributed by atoms with Crippen LogP contribution in [0.15, 0.2) is 68.4 Å². The zero-order valence-corrected chi connectivity index (χ0v) is 14.4. The van der Waals surface area contributed by atoms with E-state index in [4.69, 9.17) is 9.15 Å². The highest BCUT2D eigenvalue weighted by atomic mass is 79.9. The Morgan fingerprint density at radius 1 is 1.12 bits per heavy atom. The lowest BCUT2D eigenvalue weighted by atomic mass is 10.2. The van der Waals surface area contributed by atoms with Crippen molar-refractivity contribution in [2.45, 2.75) is 6.92 Å². The number of nitrogens with zero attached hydrogens (tertiary/aromatic N) is 1. The average Bonchev–Trinajstić information content (AvgIpc) is 2.98. The van der Waals surface area contributed by atoms with Gasteiger partial charge in [0, 0.05) is 10.0 Å². The minimum absolute atomic E-state index is 0.318. The molecule has 0 fully saturated rings. The van der Waals surface area contributed by atoms with Crippen molar-refractivity contribution in [3.05, 3.63) is 75.3 Å². The van der Waals surface area contributed by atoms with Crippen LogP contribution in [0.4, 0.5) is 0 Å². The summed E-state index contributed by atoms with van der Waals surface area (Å²) in [5, 5.41) is 0. The molecule has 0 aliphatic carbocycles. The van der Waals surface area contributed by atoms with Gasteiger partial charge in [-0.25, -0.2) is 14.2 Å². The van der Waals surface area contributed by atoms with Gasteiger partial charge in [0.05, 0.1) is 24.1 Å². The molecule has 122 valence electrons. The van der Waals surface area contributed by atoms with Crippen molar-refractivity contribution in [2.24, 2.45) is 0 Å². The Kier molecular flexibility index (Phi) is 4.66. The molecule has 0 unspecified atom stereocenters. The third kappa shape index (κ3) is 3.33. The van der Waals surface area contributed by atoms with Crippen LogP contribution in [0.3, 0.4) is 0 Å². The highest BCUT2D eigenvalue weighted by molar-refractivity contribution is 9.10. The van der Waals surface area contributed by atoms with Crippen LogP contribution >= 0.6 is 15.9 Å². The first-order chi connectivity index (χ1) is 11.6. The molecule has 2 aromatic carbocycles. The summed E-state index contributed by atoms with van der Waals surface area (Å²) in [5.74, 6) is -0.405. The lowest BCUT2D eigenvalue weighted by Gasteiger charge is -2.03. The molecular weight excluding hydrogens is 374 g/mol. The van der Waals surface area contributed by atoms with Gasteiger partial charge < -0.3 is 9.15 Å². The van der Waals surface area contributed by atoms with E-state index in [-0.39, 0.29) is 5.97 Å². The van der Waals surface area contributed by atoms with E-state index in [0.29, 0.717) is 23.6 Å². The van der Waals surface area contributed by atoms with Crippen molar-refractivity contribution in [1.29, 1.82) is 0 Å². The predicted octanol–water partition coefficient (Wildman–Crippen LogP) is 4.04. The van der Waals surface area contributed by atoms with Crippen LogP contribution in [0.2, 0.25) is 0 Å². The van der Waals surface area contributed by atoms with Crippen molar-refractivity contribution in [3.63, 3.8) is 0 Å². The van der Waals surface area contributed by atoms with Gasteiger partial charge in [0.2, 0.25) is 0 Å². The number of carbonyl (C=O) groups excluding carboxylic acids is 1. The number of hydrogen-bond donors (Lipinski definition) is 0. The topological polar surface area (TPSA) is 61.4 Å². The molecule has 1 heterocycles. The fourth-order valence-corrected chi connectivity index (χ4v) is 2.50. The molecule has 0 aliphatic rings. The molecule has 5 nitrogen and oxygen atoms in total. The van der Waals surface area contributed by atoms with Crippen LogP contribution < -0.4 is 5.76 Å². The van der Waals surface area contributed by atoms with Gasteiger partial charge in [-0.15, -0.1) is 0 Å². The van der Waals surface area contributed by atoms with Gasteiger partial charge in [-0.2, -0.15) is 0 Å².